The lowest BCUT2D eigenvalue weighted by Gasteiger charge is -2.17. The minimum atomic E-state index is 0.443. The van der Waals surface area contributed by atoms with Crippen molar-refractivity contribution < 1.29 is 5.11 Å². The van der Waals surface area contributed by atoms with Gasteiger partial charge in [-0.15, -0.1) is 0 Å². The van der Waals surface area contributed by atoms with Crippen molar-refractivity contribution in [1.29, 1.82) is 0 Å². The molecule has 3 heteroatoms. The van der Waals surface area contributed by atoms with Crippen LogP contribution in [0, 0.1) is 20.8 Å². The molecule has 0 bridgehead atoms. The summed E-state index contributed by atoms with van der Waals surface area (Å²) in [5.74, 6) is 0.443. The Morgan fingerprint density at radius 3 is 2.43 bits per heavy atom. The molecule has 2 rings (SSSR count). The zero-order chi connectivity index (χ0) is 15.6. The van der Waals surface area contributed by atoms with Crippen molar-refractivity contribution in [2.24, 2.45) is 0 Å². The molecule has 1 atom stereocenters. The van der Waals surface area contributed by atoms with Gasteiger partial charge >= 0.3 is 0 Å². The fourth-order valence-electron chi connectivity index (χ4n) is 2.57. The van der Waals surface area contributed by atoms with Crippen LogP contribution in [-0.4, -0.2) is 24.1 Å². The Labute approximate surface area is 129 Å². The number of aryl methyl sites for hydroxylation is 3. The molecule has 0 saturated heterocycles. The van der Waals surface area contributed by atoms with Gasteiger partial charge in [-0.3, -0.25) is 0 Å². The maximum Gasteiger partial charge on any atom is 0.126 e. The SMILES string of the molecule is Cc1cc(C)c(O)c(Pc2c(C)cccc2CN(C)C)c1. The Morgan fingerprint density at radius 1 is 1.05 bits per heavy atom. The number of rotatable bonds is 4. The van der Waals surface area contributed by atoms with Crippen LogP contribution in [0.25, 0.3) is 0 Å². The lowest BCUT2D eigenvalue weighted by Crippen LogP contribution is -2.19. The summed E-state index contributed by atoms with van der Waals surface area (Å²) in [5, 5.41) is 12.7. The maximum absolute atomic E-state index is 10.3. The standard InChI is InChI=1S/C18H24NOP/c1-12-9-14(3)17(20)16(10-12)21-18-13(2)7-6-8-15(18)11-19(4)5/h6-10,20-21H,11H2,1-5H3. The van der Waals surface area contributed by atoms with Crippen molar-refractivity contribution in [3.63, 3.8) is 0 Å². The highest BCUT2D eigenvalue weighted by Gasteiger charge is 2.12. The van der Waals surface area contributed by atoms with E-state index in [-0.39, 0.29) is 0 Å². The van der Waals surface area contributed by atoms with E-state index in [1.165, 1.54) is 22.0 Å². The van der Waals surface area contributed by atoms with Gasteiger partial charge in [0.25, 0.3) is 0 Å². The summed E-state index contributed by atoms with van der Waals surface area (Å²) in [6.45, 7) is 7.13. The molecule has 1 N–H and O–H groups in total. The summed E-state index contributed by atoms with van der Waals surface area (Å²) in [7, 11) is 4.66. The third kappa shape index (κ3) is 3.84. The Kier molecular flexibility index (Phi) is 5.03. The molecule has 0 saturated carbocycles. The molecule has 0 aliphatic rings. The first-order valence-corrected chi connectivity index (χ1v) is 8.19. The normalized spacial score (nSPS) is 11.7. The van der Waals surface area contributed by atoms with Gasteiger partial charge in [0.1, 0.15) is 5.75 Å². The van der Waals surface area contributed by atoms with Crippen molar-refractivity contribution in [3.05, 3.63) is 52.6 Å². The second-order valence-corrected chi connectivity index (χ2v) is 7.24. The number of nitrogens with zero attached hydrogens (tertiary/aromatic N) is 1. The van der Waals surface area contributed by atoms with Gasteiger partial charge in [0.05, 0.1) is 0 Å². The smallest absolute Gasteiger partial charge is 0.126 e. The van der Waals surface area contributed by atoms with Crippen LogP contribution >= 0.6 is 8.58 Å². The molecule has 0 aromatic heterocycles. The fourth-order valence-corrected chi connectivity index (χ4v) is 4.06. The molecule has 0 fully saturated rings. The van der Waals surface area contributed by atoms with E-state index in [1.54, 1.807) is 0 Å². The van der Waals surface area contributed by atoms with E-state index in [2.05, 4.69) is 57.1 Å². The molecular weight excluding hydrogens is 277 g/mol. The van der Waals surface area contributed by atoms with E-state index in [0.717, 1.165) is 17.4 Å². The highest BCUT2D eigenvalue weighted by Crippen LogP contribution is 2.25. The predicted octanol–water partition coefficient (Wildman–Crippen LogP) is 3.01. The number of benzene rings is 2. The predicted molar refractivity (Wildman–Crippen MR) is 93.7 cm³/mol. The van der Waals surface area contributed by atoms with Crippen molar-refractivity contribution in [2.75, 3.05) is 14.1 Å². The van der Waals surface area contributed by atoms with Crippen LogP contribution in [0.15, 0.2) is 30.3 Å². The lowest BCUT2D eigenvalue weighted by molar-refractivity contribution is 0.403. The topological polar surface area (TPSA) is 23.5 Å². The first-order valence-electron chi connectivity index (χ1n) is 7.19. The number of phenolic OH excluding ortho intramolecular Hbond substituents is 1. The number of hydrogen-bond donors (Lipinski definition) is 1. The van der Waals surface area contributed by atoms with Gasteiger partial charge in [0.15, 0.2) is 0 Å². The van der Waals surface area contributed by atoms with Crippen molar-refractivity contribution in [3.8, 4) is 5.75 Å². The minimum Gasteiger partial charge on any atom is -0.507 e. The number of hydrogen-bond acceptors (Lipinski definition) is 2. The van der Waals surface area contributed by atoms with Gasteiger partial charge < -0.3 is 10.0 Å². The second kappa shape index (κ2) is 6.60. The average Bonchev–Trinajstić information content (AvgIpc) is 2.38. The Balaban J connectivity index is 2.44. The molecule has 0 heterocycles. The summed E-state index contributed by atoms with van der Waals surface area (Å²) in [4.78, 5) is 2.18. The third-order valence-electron chi connectivity index (χ3n) is 3.55. The van der Waals surface area contributed by atoms with E-state index in [1.807, 2.05) is 13.0 Å². The molecule has 21 heavy (non-hydrogen) atoms. The molecular formula is C18H24NOP. The summed E-state index contributed by atoms with van der Waals surface area (Å²) in [6, 6.07) is 10.6. The quantitative estimate of drug-likeness (QED) is 0.878. The Bertz CT molecular complexity index is 650. The molecule has 0 aliphatic carbocycles. The van der Waals surface area contributed by atoms with Crippen LogP contribution in [0.2, 0.25) is 0 Å². The molecule has 2 aromatic rings. The number of phenols is 1. The largest absolute Gasteiger partial charge is 0.507 e. The van der Waals surface area contributed by atoms with E-state index in [9.17, 15) is 5.11 Å². The van der Waals surface area contributed by atoms with E-state index in [4.69, 9.17) is 0 Å². The highest BCUT2D eigenvalue weighted by atomic mass is 31.1. The first kappa shape index (κ1) is 16.0. The van der Waals surface area contributed by atoms with E-state index < -0.39 is 0 Å². The maximum atomic E-state index is 10.3. The molecule has 0 aliphatic heterocycles. The summed E-state index contributed by atoms with van der Waals surface area (Å²) < 4.78 is 0. The third-order valence-corrected chi connectivity index (χ3v) is 5.17. The van der Waals surface area contributed by atoms with Gasteiger partial charge in [-0.2, -0.15) is 0 Å². The van der Waals surface area contributed by atoms with E-state index in [0.29, 0.717) is 14.3 Å². The van der Waals surface area contributed by atoms with Crippen LogP contribution in [-0.2, 0) is 6.54 Å². The van der Waals surface area contributed by atoms with Gasteiger partial charge in [0.2, 0.25) is 0 Å². The Morgan fingerprint density at radius 2 is 1.76 bits per heavy atom. The molecule has 0 amide bonds. The average molecular weight is 301 g/mol. The first-order chi connectivity index (χ1) is 9.88. The molecule has 112 valence electrons. The van der Waals surface area contributed by atoms with Crippen LogP contribution in [0.3, 0.4) is 0 Å². The molecule has 2 aromatic carbocycles. The van der Waals surface area contributed by atoms with Crippen LogP contribution < -0.4 is 10.6 Å². The van der Waals surface area contributed by atoms with Crippen molar-refractivity contribution >= 4 is 19.2 Å². The van der Waals surface area contributed by atoms with Gasteiger partial charge in [-0.05, 0) is 68.5 Å². The minimum absolute atomic E-state index is 0.443. The Hall–Kier alpha value is -1.37. The summed E-state index contributed by atoms with van der Waals surface area (Å²) in [5.41, 5.74) is 4.80. The number of aromatic hydroxyl groups is 1. The fraction of sp³-hybridized carbons (Fsp3) is 0.333. The highest BCUT2D eigenvalue weighted by molar-refractivity contribution is 7.56. The van der Waals surface area contributed by atoms with Crippen molar-refractivity contribution in [1.82, 2.24) is 4.90 Å². The van der Waals surface area contributed by atoms with E-state index >= 15 is 0 Å². The van der Waals surface area contributed by atoms with Gasteiger partial charge in [0, 0.05) is 11.8 Å². The second-order valence-electron chi connectivity index (χ2n) is 5.95. The van der Waals surface area contributed by atoms with Gasteiger partial charge in [-0.1, -0.05) is 32.8 Å². The lowest BCUT2D eigenvalue weighted by atomic mass is 10.1. The van der Waals surface area contributed by atoms with Gasteiger partial charge in [-0.25, -0.2) is 0 Å². The molecule has 0 radical (unpaired) electrons. The molecule has 0 spiro atoms. The summed E-state index contributed by atoms with van der Waals surface area (Å²) >= 11 is 0. The molecule has 2 nitrogen and oxygen atoms in total. The zero-order valence-corrected chi connectivity index (χ0v) is 14.5. The molecule has 1 unspecified atom stereocenters. The monoisotopic (exact) mass is 301 g/mol. The summed E-state index contributed by atoms with van der Waals surface area (Å²) in [6.07, 6.45) is 0. The van der Waals surface area contributed by atoms with Crippen molar-refractivity contribution in [2.45, 2.75) is 27.3 Å². The van der Waals surface area contributed by atoms with Crippen LogP contribution in [0.5, 0.6) is 5.75 Å². The van der Waals surface area contributed by atoms with Crippen LogP contribution in [0.1, 0.15) is 22.3 Å². The van der Waals surface area contributed by atoms with Crippen LogP contribution in [0.4, 0.5) is 0 Å². The zero-order valence-electron chi connectivity index (χ0n) is 13.5.